The van der Waals surface area contributed by atoms with Crippen LogP contribution in [-0.2, 0) is 5.41 Å². The molecule has 0 bridgehead atoms. The lowest BCUT2D eigenvalue weighted by Gasteiger charge is -2.34. The van der Waals surface area contributed by atoms with E-state index in [-0.39, 0.29) is 5.41 Å². The molecule has 2 heteroatoms. The maximum Gasteiger partial charge on any atom is 0.119 e. The fraction of sp³-hybridized carbons (Fsp3) is 0.138. The summed E-state index contributed by atoms with van der Waals surface area (Å²) in [5.41, 5.74) is 9.43. The smallest absolute Gasteiger partial charge is 0.119 e. The molecule has 150 valence electrons. The molecule has 0 atom stereocenters. The number of allylic oxidation sites excluding steroid dienone is 1. The van der Waals surface area contributed by atoms with Gasteiger partial charge in [-0.1, -0.05) is 68.4 Å². The molecule has 6 rings (SSSR count). The lowest BCUT2D eigenvalue weighted by molar-refractivity contribution is 0.413. The number of ether oxygens (including phenoxy) is 1. The molecule has 0 amide bonds. The van der Waals surface area contributed by atoms with Crippen molar-refractivity contribution in [1.82, 2.24) is 0 Å². The average Bonchev–Trinajstić information content (AvgIpc) is 3.12. The Morgan fingerprint density at radius 3 is 2.13 bits per heavy atom. The Morgan fingerprint density at radius 1 is 0.742 bits per heavy atom. The van der Waals surface area contributed by atoms with E-state index in [1.165, 1.54) is 44.2 Å². The number of hydrogen-bond donors (Lipinski definition) is 0. The highest BCUT2D eigenvalue weighted by Crippen LogP contribution is 2.53. The number of methoxy groups -OCH3 is 1. The normalized spacial score (nSPS) is 15.9. The van der Waals surface area contributed by atoms with Crippen molar-refractivity contribution in [3.8, 4) is 5.75 Å². The number of rotatable bonds is 2. The van der Waals surface area contributed by atoms with Crippen LogP contribution in [0.3, 0.4) is 0 Å². The standard InChI is InChI=1S/C29H23NO/c1-29(2)24-17-21(31-3)13-14-25(24)30-28-23-16-20-12-8-7-11-19(20)15-22(23)26(27(28)29)18-9-5-4-6-10-18/h4-17H,1-3H3. The van der Waals surface area contributed by atoms with Gasteiger partial charge in [-0.15, -0.1) is 0 Å². The van der Waals surface area contributed by atoms with Crippen LogP contribution in [0.5, 0.6) is 5.75 Å². The van der Waals surface area contributed by atoms with Crippen LogP contribution in [0.25, 0.3) is 16.3 Å². The Bertz CT molecular complexity index is 1420. The lowest BCUT2D eigenvalue weighted by atomic mass is 9.71. The van der Waals surface area contributed by atoms with Crippen LogP contribution >= 0.6 is 0 Å². The summed E-state index contributed by atoms with van der Waals surface area (Å²) in [5.74, 6) is 0.869. The molecule has 0 spiro atoms. The van der Waals surface area contributed by atoms with Crippen molar-refractivity contribution >= 4 is 27.7 Å². The van der Waals surface area contributed by atoms with E-state index in [0.717, 1.165) is 17.1 Å². The van der Waals surface area contributed by atoms with Gasteiger partial charge in [0.2, 0.25) is 0 Å². The number of aliphatic imine (C=N–C) groups is 1. The number of fused-ring (bicyclic) bond motifs is 5. The highest BCUT2D eigenvalue weighted by Gasteiger charge is 2.42. The summed E-state index contributed by atoms with van der Waals surface area (Å²) < 4.78 is 5.55. The van der Waals surface area contributed by atoms with Crippen LogP contribution in [0.15, 0.2) is 95.5 Å². The van der Waals surface area contributed by atoms with Gasteiger partial charge in [0.25, 0.3) is 0 Å². The maximum absolute atomic E-state index is 5.55. The first kappa shape index (κ1) is 18.1. The molecule has 0 aromatic heterocycles. The highest BCUT2D eigenvalue weighted by atomic mass is 16.5. The molecule has 31 heavy (non-hydrogen) atoms. The van der Waals surface area contributed by atoms with E-state index in [4.69, 9.17) is 9.73 Å². The van der Waals surface area contributed by atoms with E-state index in [1.807, 2.05) is 6.07 Å². The Hall–Kier alpha value is -3.65. The van der Waals surface area contributed by atoms with E-state index >= 15 is 0 Å². The quantitative estimate of drug-likeness (QED) is 0.352. The Balaban J connectivity index is 1.74. The van der Waals surface area contributed by atoms with Gasteiger partial charge in [0, 0.05) is 11.0 Å². The van der Waals surface area contributed by atoms with Crippen molar-refractivity contribution in [3.63, 3.8) is 0 Å². The van der Waals surface area contributed by atoms with Crippen molar-refractivity contribution in [2.75, 3.05) is 7.11 Å². The van der Waals surface area contributed by atoms with Gasteiger partial charge in [0.15, 0.2) is 0 Å². The fourth-order valence-corrected chi connectivity index (χ4v) is 5.16. The summed E-state index contributed by atoms with van der Waals surface area (Å²) in [6.45, 7) is 4.62. The maximum atomic E-state index is 5.55. The third kappa shape index (κ3) is 2.55. The first-order chi connectivity index (χ1) is 15.1. The third-order valence-electron chi connectivity index (χ3n) is 6.69. The summed E-state index contributed by atoms with van der Waals surface area (Å²) in [7, 11) is 1.72. The molecule has 1 aliphatic carbocycles. The van der Waals surface area contributed by atoms with Gasteiger partial charge in [-0.3, -0.25) is 0 Å². The summed E-state index contributed by atoms with van der Waals surface area (Å²) in [5, 5.41) is 2.50. The molecule has 0 unspecified atom stereocenters. The van der Waals surface area contributed by atoms with E-state index in [9.17, 15) is 0 Å². The van der Waals surface area contributed by atoms with Crippen LogP contribution in [0.1, 0.15) is 36.1 Å². The van der Waals surface area contributed by atoms with Gasteiger partial charge >= 0.3 is 0 Å². The summed E-state index contributed by atoms with van der Waals surface area (Å²) in [4.78, 5) is 5.21. The SMILES string of the molecule is COc1ccc2c(c1)C(C)(C)C1=C(c3ccccc3)c3cc4ccccc4cc3C1=N2. The average molecular weight is 402 g/mol. The largest absolute Gasteiger partial charge is 0.497 e. The third-order valence-corrected chi connectivity index (χ3v) is 6.69. The molecule has 1 aliphatic heterocycles. The van der Waals surface area contributed by atoms with Gasteiger partial charge in [-0.2, -0.15) is 0 Å². The molecule has 4 aromatic rings. The second-order valence-corrected chi connectivity index (χ2v) is 8.83. The van der Waals surface area contributed by atoms with Gasteiger partial charge in [0.1, 0.15) is 5.75 Å². The predicted molar refractivity (Wildman–Crippen MR) is 129 cm³/mol. The van der Waals surface area contributed by atoms with Gasteiger partial charge < -0.3 is 4.74 Å². The molecular weight excluding hydrogens is 378 g/mol. The molecule has 0 radical (unpaired) electrons. The van der Waals surface area contributed by atoms with Crippen LogP contribution in [0.4, 0.5) is 5.69 Å². The molecule has 4 aromatic carbocycles. The minimum absolute atomic E-state index is 0.211. The first-order valence-electron chi connectivity index (χ1n) is 10.7. The molecular formula is C29H23NO. The zero-order chi connectivity index (χ0) is 21.2. The minimum atomic E-state index is -0.211. The fourth-order valence-electron chi connectivity index (χ4n) is 5.16. The topological polar surface area (TPSA) is 21.6 Å². The summed E-state index contributed by atoms with van der Waals surface area (Å²) in [6.07, 6.45) is 0. The number of hydrogen-bond acceptors (Lipinski definition) is 2. The van der Waals surface area contributed by atoms with Crippen molar-refractivity contribution < 1.29 is 4.74 Å². The summed E-state index contributed by atoms with van der Waals surface area (Å²) in [6, 6.07) is 30.2. The molecule has 0 fully saturated rings. The lowest BCUT2D eigenvalue weighted by Crippen LogP contribution is -2.28. The van der Waals surface area contributed by atoms with Crippen molar-refractivity contribution in [1.29, 1.82) is 0 Å². The van der Waals surface area contributed by atoms with E-state index in [0.29, 0.717) is 0 Å². The predicted octanol–water partition coefficient (Wildman–Crippen LogP) is 7.08. The van der Waals surface area contributed by atoms with Gasteiger partial charge in [-0.25, -0.2) is 4.99 Å². The molecule has 2 aliphatic rings. The van der Waals surface area contributed by atoms with Crippen molar-refractivity contribution in [3.05, 3.63) is 113 Å². The number of benzene rings is 4. The zero-order valence-corrected chi connectivity index (χ0v) is 17.9. The van der Waals surface area contributed by atoms with Crippen LogP contribution in [-0.4, -0.2) is 12.8 Å². The molecule has 0 N–H and O–H groups in total. The Morgan fingerprint density at radius 2 is 1.42 bits per heavy atom. The van der Waals surface area contributed by atoms with E-state index in [2.05, 4.69) is 92.7 Å². The van der Waals surface area contributed by atoms with E-state index in [1.54, 1.807) is 7.11 Å². The Labute approximate surface area is 182 Å². The van der Waals surface area contributed by atoms with E-state index < -0.39 is 0 Å². The molecule has 2 nitrogen and oxygen atoms in total. The van der Waals surface area contributed by atoms with Crippen LogP contribution in [0.2, 0.25) is 0 Å². The number of nitrogens with zero attached hydrogens (tertiary/aromatic N) is 1. The molecule has 0 saturated heterocycles. The Kier molecular flexibility index (Phi) is 3.76. The van der Waals surface area contributed by atoms with Crippen LogP contribution in [0, 0.1) is 0 Å². The minimum Gasteiger partial charge on any atom is -0.497 e. The second-order valence-electron chi connectivity index (χ2n) is 8.83. The van der Waals surface area contributed by atoms with Gasteiger partial charge in [0.05, 0.1) is 18.5 Å². The van der Waals surface area contributed by atoms with Crippen molar-refractivity contribution in [2.45, 2.75) is 19.3 Å². The molecule has 0 saturated carbocycles. The van der Waals surface area contributed by atoms with Gasteiger partial charge in [-0.05, 0) is 68.9 Å². The van der Waals surface area contributed by atoms with Crippen LogP contribution < -0.4 is 4.74 Å². The monoisotopic (exact) mass is 401 g/mol. The highest BCUT2D eigenvalue weighted by molar-refractivity contribution is 6.29. The van der Waals surface area contributed by atoms with Crippen molar-refractivity contribution in [2.24, 2.45) is 4.99 Å². The second kappa shape index (κ2) is 6.42. The summed E-state index contributed by atoms with van der Waals surface area (Å²) >= 11 is 0. The first-order valence-corrected chi connectivity index (χ1v) is 10.7. The molecule has 1 heterocycles. The zero-order valence-electron chi connectivity index (χ0n) is 17.9.